The van der Waals surface area contributed by atoms with Crippen molar-refractivity contribution in [2.45, 2.75) is 18.9 Å². The maximum atomic E-state index is 5.33. The quantitative estimate of drug-likeness (QED) is 0.597. The van der Waals surface area contributed by atoms with Crippen LogP contribution >= 0.6 is 0 Å². The largest absolute Gasteiger partial charge is 0.448 e. The van der Waals surface area contributed by atoms with Gasteiger partial charge in [0.05, 0.1) is 5.69 Å². The zero-order valence-electron chi connectivity index (χ0n) is 7.36. The molecule has 3 rings (SSSR count). The van der Waals surface area contributed by atoms with Gasteiger partial charge in [0.25, 0.3) is 0 Å². The molecule has 1 aromatic heterocycles. The third-order valence-corrected chi connectivity index (χ3v) is 2.96. The third-order valence-electron chi connectivity index (χ3n) is 2.96. The van der Waals surface area contributed by atoms with Gasteiger partial charge in [0.15, 0.2) is 6.39 Å². The summed E-state index contributed by atoms with van der Waals surface area (Å²) in [6.45, 7) is 0.991. The molecule has 1 aromatic rings. The van der Waals surface area contributed by atoms with Gasteiger partial charge in [-0.2, -0.15) is 0 Å². The van der Waals surface area contributed by atoms with Crippen molar-refractivity contribution in [3.05, 3.63) is 30.0 Å². The Morgan fingerprint density at radius 1 is 1.46 bits per heavy atom. The first-order valence-electron chi connectivity index (χ1n) is 4.75. The monoisotopic (exact) mass is 176 g/mol. The number of nitrogens with zero attached hydrogens (tertiary/aromatic N) is 1. The Kier molecular flexibility index (Phi) is 1.52. The number of nitrogens with one attached hydrogen (secondary N) is 1. The van der Waals surface area contributed by atoms with E-state index in [1.165, 1.54) is 0 Å². The summed E-state index contributed by atoms with van der Waals surface area (Å²) >= 11 is 0. The Balaban J connectivity index is 1.95. The zero-order chi connectivity index (χ0) is 8.67. The van der Waals surface area contributed by atoms with E-state index < -0.39 is 0 Å². The second kappa shape index (κ2) is 2.70. The molecule has 2 atom stereocenters. The van der Waals surface area contributed by atoms with Crippen LogP contribution in [0.1, 0.15) is 11.5 Å². The molecule has 0 radical (unpaired) electrons. The van der Waals surface area contributed by atoms with Gasteiger partial charge < -0.3 is 9.73 Å². The van der Waals surface area contributed by atoms with Crippen LogP contribution in [0.2, 0.25) is 0 Å². The van der Waals surface area contributed by atoms with Crippen LogP contribution in [0.4, 0.5) is 0 Å². The van der Waals surface area contributed by atoms with Crippen molar-refractivity contribution in [2.75, 3.05) is 6.54 Å². The van der Waals surface area contributed by atoms with Crippen LogP contribution in [0.5, 0.6) is 0 Å². The zero-order valence-corrected chi connectivity index (χ0v) is 7.36. The van der Waals surface area contributed by atoms with Gasteiger partial charge in [-0.25, -0.2) is 4.98 Å². The summed E-state index contributed by atoms with van der Waals surface area (Å²) in [6.07, 6.45) is 8.08. The fourth-order valence-electron chi connectivity index (χ4n) is 2.23. The summed E-state index contributed by atoms with van der Waals surface area (Å²) in [5, 5.41) is 3.48. The van der Waals surface area contributed by atoms with E-state index in [0.717, 1.165) is 30.8 Å². The van der Waals surface area contributed by atoms with Gasteiger partial charge in [0.2, 0.25) is 0 Å². The van der Waals surface area contributed by atoms with Crippen molar-refractivity contribution in [1.29, 1.82) is 0 Å². The number of hydrogen-bond donors (Lipinski definition) is 1. The summed E-state index contributed by atoms with van der Waals surface area (Å²) in [5.41, 5.74) is 1.15. The average molecular weight is 176 g/mol. The maximum absolute atomic E-state index is 5.33. The molecule has 0 aromatic carbocycles. The SMILES string of the molecule is C1=C[C@H]2Cc3ncoc3C[C@@H]2NC1. The van der Waals surface area contributed by atoms with Crippen LogP contribution < -0.4 is 5.32 Å². The molecule has 2 heterocycles. The van der Waals surface area contributed by atoms with Crippen molar-refractivity contribution < 1.29 is 4.42 Å². The minimum Gasteiger partial charge on any atom is -0.448 e. The van der Waals surface area contributed by atoms with E-state index in [1.807, 2.05) is 0 Å². The number of aromatic nitrogens is 1. The Hall–Kier alpha value is -1.09. The van der Waals surface area contributed by atoms with Gasteiger partial charge in [0, 0.05) is 25.4 Å². The lowest BCUT2D eigenvalue weighted by molar-refractivity contribution is 0.345. The van der Waals surface area contributed by atoms with E-state index in [4.69, 9.17) is 4.42 Å². The standard InChI is InChI=1S/C10H12N2O/c1-2-7-4-9-10(13-6-12-9)5-8(7)11-3-1/h1-2,6-8,11H,3-5H2/t7-,8-/m0/s1. The molecule has 3 heteroatoms. The molecular formula is C10H12N2O. The Labute approximate surface area is 76.8 Å². The van der Waals surface area contributed by atoms with Gasteiger partial charge >= 0.3 is 0 Å². The molecule has 13 heavy (non-hydrogen) atoms. The van der Waals surface area contributed by atoms with E-state index in [2.05, 4.69) is 22.5 Å². The number of rotatable bonds is 0. The average Bonchev–Trinajstić information content (AvgIpc) is 2.61. The van der Waals surface area contributed by atoms with Crippen LogP contribution in [-0.4, -0.2) is 17.6 Å². The first-order valence-corrected chi connectivity index (χ1v) is 4.75. The van der Waals surface area contributed by atoms with E-state index in [9.17, 15) is 0 Å². The van der Waals surface area contributed by atoms with Crippen molar-refractivity contribution in [3.63, 3.8) is 0 Å². The topological polar surface area (TPSA) is 38.1 Å². The summed E-state index contributed by atoms with van der Waals surface area (Å²) in [4.78, 5) is 4.22. The van der Waals surface area contributed by atoms with Crippen LogP contribution in [0, 0.1) is 5.92 Å². The van der Waals surface area contributed by atoms with Gasteiger partial charge in [-0.1, -0.05) is 12.2 Å². The van der Waals surface area contributed by atoms with E-state index in [-0.39, 0.29) is 0 Å². The lowest BCUT2D eigenvalue weighted by atomic mass is 9.84. The predicted molar refractivity (Wildman–Crippen MR) is 48.3 cm³/mol. The Morgan fingerprint density at radius 3 is 3.46 bits per heavy atom. The minimum absolute atomic E-state index is 0.561. The molecule has 0 unspecified atom stereocenters. The lowest BCUT2D eigenvalue weighted by Gasteiger charge is -2.31. The molecule has 1 aliphatic carbocycles. The molecule has 0 saturated heterocycles. The summed E-state index contributed by atoms with van der Waals surface area (Å²) in [5.74, 6) is 1.69. The summed E-state index contributed by atoms with van der Waals surface area (Å²) in [6, 6.07) is 0.561. The highest BCUT2D eigenvalue weighted by atomic mass is 16.3. The molecule has 0 saturated carbocycles. The fraction of sp³-hybridized carbons (Fsp3) is 0.500. The second-order valence-corrected chi connectivity index (χ2v) is 3.74. The van der Waals surface area contributed by atoms with Crippen LogP contribution in [0.3, 0.4) is 0 Å². The molecule has 0 bridgehead atoms. The Morgan fingerprint density at radius 2 is 2.46 bits per heavy atom. The molecular weight excluding hydrogens is 164 g/mol. The van der Waals surface area contributed by atoms with E-state index in [1.54, 1.807) is 6.39 Å². The van der Waals surface area contributed by atoms with Crippen molar-refractivity contribution in [3.8, 4) is 0 Å². The van der Waals surface area contributed by atoms with Gasteiger partial charge in [0.1, 0.15) is 5.76 Å². The van der Waals surface area contributed by atoms with Crippen molar-refractivity contribution in [2.24, 2.45) is 5.92 Å². The molecule has 1 N–H and O–H groups in total. The molecule has 3 nitrogen and oxygen atoms in total. The normalized spacial score (nSPS) is 31.1. The minimum atomic E-state index is 0.561. The highest BCUT2D eigenvalue weighted by Gasteiger charge is 2.30. The van der Waals surface area contributed by atoms with Crippen molar-refractivity contribution in [1.82, 2.24) is 10.3 Å². The number of oxazole rings is 1. The highest BCUT2D eigenvalue weighted by molar-refractivity contribution is 5.19. The van der Waals surface area contributed by atoms with Gasteiger partial charge in [-0.3, -0.25) is 0 Å². The second-order valence-electron chi connectivity index (χ2n) is 3.74. The number of fused-ring (bicyclic) bond motifs is 2. The molecule has 0 amide bonds. The lowest BCUT2D eigenvalue weighted by Crippen LogP contribution is -2.43. The van der Waals surface area contributed by atoms with E-state index >= 15 is 0 Å². The first kappa shape index (κ1) is 7.33. The van der Waals surface area contributed by atoms with Gasteiger partial charge in [-0.15, -0.1) is 0 Å². The maximum Gasteiger partial charge on any atom is 0.181 e. The smallest absolute Gasteiger partial charge is 0.181 e. The molecule has 0 fully saturated rings. The summed E-state index contributed by atoms with van der Waals surface area (Å²) in [7, 11) is 0. The van der Waals surface area contributed by atoms with Crippen LogP contribution in [-0.2, 0) is 12.8 Å². The first-order chi connectivity index (χ1) is 6.43. The molecule has 1 aliphatic heterocycles. The third kappa shape index (κ3) is 1.11. The van der Waals surface area contributed by atoms with Gasteiger partial charge in [-0.05, 0) is 5.92 Å². The Bertz CT molecular complexity index is 342. The fourth-order valence-corrected chi connectivity index (χ4v) is 2.23. The number of hydrogen-bond acceptors (Lipinski definition) is 3. The van der Waals surface area contributed by atoms with Crippen LogP contribution in [0.15, 0.2) is 23.0 Å². The van der Waals surface area contributed by atoms with Crippen LogP contribution in [0.25, 0.3) is 0 Å². The molecule has 2 aliphatic rings. The predicted octanol–water partition coefficient (Wildman–Crippen LogP) is 0.917. The summed E-state index contributed by atoms with van der Waals surface area (Å²) < 4.78 is 5.33. The van der Waals surface area contributed by atoms with Crippen molar-refractivity contribution >= 4 is 0 Å². The molecule has 0 spiro atoms. The van der Waals surface area contributed by atoms with E-state index in [0.29, 0.717) is 12.0 Å². The molecule has 68 valence electrons. The highest BCUT2D eigenvalue weighted by Crippen LogP contribution is 2.27.